The third-order valence-corrected chi connectivity index (χ3v) is 4.31. The zero-order valence-electron chi connectivity index (χ0n) is 12.2. The summed E-state index contributed by atoms with van der Waals surface area (Å²) in [5.74, 6) is -0.148. The van der Waals surface area contributed by atoms with Crippen LogP contribution >= 0.6 is 11.8 Å². The van der Waals surface area contributed by atoms with Crippen LogP contribution in [0.4, 0.5) is 4.79 Å². The first-order valence-electron chi connectivity index (χ1n) is 6.90. The molecule has 0 aliphatic carbocycles. The molecule has 1 aliphatic heterocycles. The molecule has 2 aromatic rings. The van der Waals surface area contributed by atoms with Crippen LogP contribution < -0.4 is 5.32 Å². The van der Waals surface area contributed by atoms with Crippen molar-refractivity contribution in [1.29, 1.82) is 0 Å². The molecule has 1 atom stereocenters. The zero-order chi connectivity index (χ0) is 16.4. The Hall–Kier alpha value is -2.62. The molecular formula is C13H14N6O3S. The van der Waals surface area contributed by atoms with Crippen molar-refractivity contribution in [1.82, 2.24) is 30.4 Å². The first-order chi connectivity index (χ1) is 11.1. The highest BCUT2D eigenvalue weighted by Gasteiger charge is 2.31. The number of hydrogen-bond acceptors (Lipinski definition) is 7. The highest BCUT2D eigenvalue weighted by Crippen LogP contribution is 2.25. The van der Waals surface area contributed by atoms with Gasteiger partial charge in [0.2, 0.25) is 11.1 Å². The second-order valence-electron chi connectivity index (χ2n) is 4.87. The molecule has 0 spiro atoms. The van der Waals surface area contributed by atoms with E-state index in [-0.39, 0.29) is 17.7 Å². The first-order valence-corrected chi connectivity index (χ1v) is 7.78. The van der Waals surface area contributed by atoms with Crippen molar-refractivity contribution in [2.75, 3.05) is 13.1 Å². The Morgan fingerprint density at radius 3 is 2.78 bits per heavy atom. The summed E-state index contributed by atoms with van der Waals surface area (Å²) < 4.78 is 1.47. The van der Waals surface area contributed by atoms with Crippen molar-refractivity contribution in [2.24, 2.45) is 0 Å². The molecule has 0 unspecified atom stereocenters. The average Bonchev–Trinajstić information content (AvgIpc) is 3.16. The molecule has 1 saturated heterocycles. The van der Waals surface area contributed by atoms with Crippen LogP contribution in [0.2, 0.25) is 0 Å². The predicted octanol–water partition coefficient (Wildman–Crippen LogP) is 0.400. The minimum atomic E-state index is -0.513. The minimum Gasteiger partial charge on any atom is -0.508 e. The fraction of sp³-hybridized carbons (Fsp3) is 0.308. The fourth-order valence-electron chi connectivity index (χ4n) is 2.12. The monoisotopic (exact) mass is 334 g/mol. The van der Waals surface area contributed by atoms with Crippen LogP contribution in [0.1, 0.15) is 6.92 Å². The lowest BCUT2D eigenvalue weighted by atomic mass is 10.3. The molecule has 0 radical (unpaired) electrons. The third-order valence-electron chi connectivity index (χ3n) is 3.29. The summed E-state index contributed by atoms with van der Waals surface area (Å²) in [6, 6.07) is 6.00. The van der Waals surface area contributed by atoms with Gasteiger partial charge in [0.1, 0.15) is 5.75 Å². The van der Waals surface area contributed by atoms with E-state index in [1.54, 1.807) is 19.1 Å². The van der Waals surface area contributed by atoms with Gasteiger partial charge in [-0.3, -0.25) is 9.69 Å². The van der Waals surface area contributed by atoms with Crippen LogP contribution in [0.15, 0.2) is 29.4 Å². The van der Waals surface area contributed by atoms with E-state index in [4.69, 9.17) is 0 Å². The summed E-state index contributed by atoms with van der Waals surface area (Å²) in [6.07, 6.45) is 0. The van der Waals surface area contributed by atoms with Crippen LogP contribution in [0.5, 0.6) is 5.75 Å². The maximum Gasteiger partial charge on any atom is 0.324 e. The number of thioether (sulfide) groups is 1. The van der Waals surface area contributed by atoms with Crippen molar-refractivity contribution in [3.63, 3.8) is 0 Å². The number of aromatic nitrogens is 4. The molecule has 23 heavy (non-hydrogen) atoms. The number of amides is 3. The Morgan fingerprint density at radius 1 is 1.39 bits per heavy atom. The highest BCUT2D eigenvalue weighted by atomic mass is 32.2. The maximum absolute atomic E-state index is 12.3. The van der Waals surface area contributed by atoms with Crippen molar-refractivity contribution in [2.45, 2.75) is 17.3 Å². The lowest BCUT2D eigenvalue weighted by Gasteiger charge is -2.16. The largest absolute Gasteiger partial charge is 0.508 e. The lowest BCUT2D eigenvalue weighted by Crippen LogP contribution is -2.39. The molecule has 10 heteroatoms. The molecule has 2 heterocycles. The number of nitrogens with zero attached hydrogens (tertiary/aromatic N) is 5. The predicted molar refractivity (Wildman–Crippen MR) is 81.2 cm³/mol. The van der Waals surface area contributed by atoms with Gasteiger partial charge in [0, 0.05) is 13.1 Å². The number of carbonyl (C=O) groups excluding carboxylic acids is 2. The Kier molecular flexibility index (Phi) is 4.15. The molecular weight excluding hydrogens is 320 g/mol. The highest BCUT2D eigenvalue weighted by molar-refractivity contribution is 8.00. The maximum atomic E-state index is 12.3. The number of nitrogens with one attached hydrogen (secondary N) is 1. The van der Waals surface area contributed by atoms with Gasteiger partial charge in [-0.15, -0.1) is 5.10 Å². The molecule has 1 fully saturated rings. The van der Waals surface area contributed by atoms with E-state index in [2.05, 4.69) is 20.8 Å². The fourth-order valence-corrected chi connectivity index (χ4v) is 2.99. The minimum absolute atomic E-state index is 0.139. The number of carbonyl (C=O) groups is 2. The van der Waals surface area contributed by atoms with Gasteiger partial charge >= 0.3 is 6.03 Å². The summed E-state index contributed by atoms with van der Waals surface area (Å²) in [4.78, 5) is 25.1. The first kappa shape index (κ1) is 15.3. The Morgan fingerprint density at radius 2 is 2.13 bits per heavy atom. The van der Waals surface area contributed by atoms with Crippen LogP contribution in [-0.2, 0) is 4.79 Å². The molecule has 9 nitrogen and oxygen atoms in total. The molecule has 120 valence electrons. The lowest BCUT2D eigenvalue weighted by molar-refractivity contribution is -0.126. The van der Waals surface area contributed by atoms with Crippen molar-refractivity contribution < 1.29 is 14.7 Å². The topological polar surface area (TPSA) is 113 Å². The van der Waals surface area contributed by atoms with E-state index in [0.29, 0.717) is 23.9 Å². The van der Waals surface area contributed by atoms with E-state index in [9.17, 15) is 14.7 Å². The van der Waals surface area contributed by atoms with Gasteiger partial charge < -0.3 is 10.4 Å². The summed E-state index contributed by atoms with van der Waals surface area (Å²) in [5.41, 5.74) is 0.661. The number of phenolic OH excluding ortho intramolecular Hbond substituents is 1. The summed E-state index contributed by atoms with van der Waals surface area (Å²) in [6.45, 7) is 2.53. The molecule has 1 aliphatic rings. The van der Waals surface area contributed by atoms with E-state index in [1.165, 1.54) is 33.5 Å². The van der Waals surface area contributed by atoms with Crippen LogP contribution in [0.25, 0.3) is 5.69 Å². The van der Waals surface area contributed by atoms with E-state index in [1.807, 2.05) is 0 Å². The molecule has 1 aromatic carbocycles. The number of tetrazole rings is 1. The van der Waals surface area contributed by atoms with Crippen molar-refractivity contribution in [3.8, 4) is 11.4 Å². The van der Waals surface area contributed by atoms with Gasteiger partial charge in [0.15, 0.2) is 0 Å². The zero-order valence-corrected chi connectivity index (χ0v) is 13.0. The van der Waals surface area contributed by atoms with Crippen molar-refractivity contribution >= 4 is 23.7 Å². The molecule has 3 amide bonds. The second-order valence-corrected chi connectivity index (χ2v) is 6.18. The number of aromatic hydroxyl groups is 1. The van der Waals surface area contributed by atoms with Crippen LogP contribution in [0.3, 0.4) is 0 Å². The van der Waals surface area contributed by atoms with Crippen LogP contribution in [0, 0.1) is 0 Å². The van der Waals surface area contributed by atoms with E-state index in [0.717, 1.165) is 0 Å². The molecule has 0 saturated carbocycles. The quantitative estimate of drug-likeness (QED) is 0.778. The Bertz CT molecular complexity index is 732. The van der Waals surface area contributed by atoms with Gasteiger partial charge in [-0.2, -0.15) is 4.68 Å². The van der Waals surface area contributed by atoms with Gasteiger partial charge in [-0.05, 0) is 41.6 Å². The Balaban J connectivity index is 1.76. The standard InChI is InChI=1S/C13H14N6O3S/c1-8(11(21)18-7-6-14-12(18)22)23-13-15-16-17-19(13)9-2-4-10(20)5-3-9/h2-5,8,20H,6-7H2,1H3,(H,14,22)/t8-/m0/s1. The van der Waals surface area contributed by atoms with Gasteiger partial charge in [0.05, 0.1) is 10.9 Å². The Labute approximate surface area is 135 Å². The number of phenols is 1. The second kappa shape index (κ2) is 6.24. The summed E-state index contributed by atoms with van der Waals surface area (Å²) in [7, 11) is 0. The molecule has 3 rings (SSSR count). The van der Waals surface area contributed by atoms with Crippen LogP contribution in [-0.4, -0.2) is 60.5 Å². The number of rotatable bonds is 4. The third kappa shape index (κ3) is 3.11. The number of imide groups is 1. The van der Waals surface area contributed by atoms with Gasteiger partial charge in [-0.25, -0.2) is 4.79 Å². The van der Waals surface area contributed by atoms with Gasteiger partial charge in [0.25, 0.3) is 0 Å². The van der Waals surface area contributed by atoms with Crippen molar-refractivity contribution in [3.05, 3.63) is 24.3 Å². The normalized spacial score (nSPS) is 15.5. The average molecular weight is 334 g/mol. The molecule has 0 bridgehead atoms. The SMILES string of the molecule is C[C@H](Sc1nnnn1-c1ccc(O)cc1)C(=O)N1CCNC1=O. The molecule has 1 aromatic heterocycles. The van der Waals surface area contributed by atoms with E-state index >= 15 is 0 Å². The molecule has 2 N–H and O–H groups in total. The summed E-state index contributed by atoms with van der Waals surface area (Å²) >= 11 is 1.17. The van der Waals surface area contributed by atoms with E-state index < -0.39 is 5.25 Å². The summed E-state index contributed by atoms with van der Waals surface area (Å²) in [5, 5.41) is 23.3. The smallest absolute Gasteiger partial charge is 0.324 e. The number of benzene rings is 1. The van der Waals surface area contributed by atoms with Gasteiger partial charge in [-0.1, -0.05) is 11.8 Å². The number of urea groups is 1. The number of hydrogen-bond donors (Lipinski definition) is 2.